The topological polar surface area (TPSA) is 182 Å². The van der Waals surface area contributed by atoms with Crippen LogP contribution in [0.15, 0.2) is 66.1 Å². The normalized spacial score (nSPS) is 14.0. The summed E-state index contributed by atoms with van der Waals surface area (Å²) >= 11 is 0. The standard InChI is InChI=1S/C28H35N5O9S/c1-19(2)15-33(43(38,39)22-7-8-25-26(14-22)41-18-40-25)16-24(34)23(31-27(35)36)13-20-3-5-21(6-4-20)42-28(37)30-10-12-32-11-9-29-17-32/h3-9,11,14,17,19,23-24,31,34H,10,12-13,15-16,18H2,1-2H3,(H,30,37)(H,35,36)/t23-,24+/m0/s1. The maximum Gasteiger partial charge on any atom is 0.412 e. The Morgan fingerprint density at radius 1 is 1.12 bits per heavy atom. The van der Waals surface area contributed by atoms with E-state index in [4.69, 9.17) is 14.2 Å². The van der Waals surface area contributed by atoms with E-state index >= 15 is 0 Å². The Balaban J connectivity index is 1.40. The SMILES string of the molecule is CC(C)CN(C[C@@H](O)[C@H](Cc1ccc(OC(=O)NCCn2ccnc2)cc1)NC(=O)O)S(=O)(=O)c1ccc2c(c1)OCO2. The van der Waals surface area contributed by atoms with Gasteiger partial charge in [0.05, 0.1) is 23.4 Å². The van der Waals surface area contributed by atoms with Gasteiger partial charge in [-0.25, -0.2) is 23.0 Å². The molecule has 0 spiro atoms. The van der Waals surface area contributed by atoms with Crippen LogP contribution in [0.1, 0.15) is 19.4 Å². The van der Waals surface area contributed by atoms with Crippen molar-refractivity contribution in [2.75, 3.05) is 26.4 Å². The largest absolute Gasteiger partial charge is 0.465 e. The van der Waals surface area contributed by atoms with Gasteiger partial charge >= 0.3 is 12.2 Å². The van der Waals surface area contributed by atoms with Crippen molar-refractivity contribution in [2.45, 2.75) is 43.9 Å². The lowest BCUT2D eigenvalue weighted by Crippen LogP contribution is -2.50. The summed E-state index contributed by atoms with van der Waals surface area (Å²) in [4.78, 5) is 27.6. The number of benzene rings is 2. The highest BCUT2D eigenvalue weighted by atomic mass is 32.2. The monoisotopic (exact) mass is 617 g/mol. The van der Waals surface area contributed by atoms with Crippen LogP contribution in [0.25, 0.3) is 0 Å². The molecule has 3 aromatic rings. The fourth-order valence-corrected chi connectivity index (χ4v) is 6.08. The van der Waals surface area contributed by atoms with Crippen LogP contribution in [0, 0.1) is 5.92 Å². The molecule has 0 unspecified atom stereocenters. The molecule has 1 aliphatic heterocycles. The molecule has 43 heavy (non-hydrogen) atoms. The van der Waals surface area contributed by atoms with Crippen molar-refractivity contribution < 1.29 is 42.4 Å². The van der Waals surface area contributed by atoms with Gasteiger partial charge in [0.25, 0.3) is 0 Å². The summed E-state index contributed by atoms with van der Waals surface area (Å²) < 4.78 is 46.0. The number of ether oxygens (including phenoxy) is 3. The fraction of sp³-hybridized carbons (Fsp3) is 0.393. The molecule has 2 aromatic carbocycles. The molecule has 0 saturated carbocycles. The zero-order valence-corrected chi connectivity index (χ0v) is 24.6. The van der Waals surface area contributed by atoms with Crippen molar-refractivity contribution in [3.63, 3.8) is 0 Å². The summed E-state index contributed by atoms with van der Waals surface area (Å²) in [5.41, 5.74) is 0.625. The van der Waals surface area contributed by atoms with Crippen LogP contribution in [0.4, 0.5) is 9.59 Å². The molecule has 4 rings (SSSR count). The lowest BCUT2D eigenvalue weighted by molar-refractivity contribution is 0.0980. The second kappa shape index (κ2) is 14.2. The van der Waals surface area contributed by atoms with Gasteiger partial charge in [0.15, 0.2) is 11.5 Å². The highest BCUT2D eigenvalue weighted by molar-refractivity contribution is 7.89. The molecule has 4 N–H and O–H groups in total. The fourth-order valence-electron chi connectivity index (χ4n) is 4.44. The molecule has 0 radical (unpaired) electrons. The predicted molar refractivity (Wildman–Crippen MR) is 154 cm³/mol. The number of rotatable bonds is 14. The molecule has 2 atom stereocenters. The number of fused-ring (bicyclic) bond motifs is 1. The third-order valence-electron chi connectivity index (χ3n) is 6.50. The Bertz CT molecular complexity index is 1480. The van der Waals surface area contributed by atoms with E-state index in [0.717, 1.165) is 4.31 Å². The van der Waals surface area contributed by atoms with Gasteiger partial charge in [0.2, 0.25) is 16.8 Å². The third kappa shape index (κ3) is 8.83. The summed E-state index contributed by atoms with van der Waals surface area (Å²) in [6.45, 7) is 4.26. The predicted octanol–water partition coefficient (Wildman–Crippen LogP) is 2.29. The van der Waals surface area contributed by atoms with E-state index in [0.29, 0.717) is 30.2 Å². The molecule has 0 bridgehead atoms. The van der Waals surface area contributed by atoms with Gasteiger partial charge in [0, 0.05) is 44.6 Å². The molecule has 1 aromatic heterocycles. The third-order valence-corrected chi connectivity index (χ3v) is 8.33. The number of aliphatic hydroxyl groups excluding tert-OH is 1. The van der Waals surface area contributed by atoms with Gasteiger partial charge in [-0.15, -0.1) is 0 Å². The number of nitrogens with one attached hydrogen (secondary N) is 2. The van der Waals surface area contributed by atoms with Crippen LogP contribution < -0.4 is 24.8 Å². The van der Waals surface area contributed by atoms with Crippen molar-refractivity contribution >= 4 is 22.2 Å². The van der Waals surface area contributed by atoms with Gasteiger partial charge in [-0.3, -0.25) is 0 Å². The maximum absolute atomic E-state index is 13.6. The van der Waals surface area contributed by atoms with Gasteiger partial charge in [-0.2, -0.15) is 4.31 Å². The minimum absolute atomic E-state index is 0.0109. The zero-order valence-electron chi connectivity index (χ0n) is 23.8. The maximum atomic E-state index is 13.6. The number of carbonyl (C=O) groups excluding carboxylic acids is 1. The average molecular weight is 618 g/mol. The van der Waals surface area contributed by atoms with E-state index in [1.165, 1.54) is 18.2 Å². The summed E-state index contributed by atoms with van der Waals surface area (Å²) in [5.74, 6) is 0.918. The molecule has 1 aliphatic rings. The molecule has 2 heterocycles. The number of aliphatic hydroxyl groups is 1. The summed E-state index contributed by atoms with van der Waals surface area (Å²) in [7, 11) is -4.08. The van der Waals surface area contributed by atoms with E-state index in [1.54, 1.807) is 47.6 Å². The number of imidazole rings is 1. The van der Waals surface area contributed by atoms with Crippen molar-refractivity contribution in [1.29, 1.82) is 0 Å². The smallest absolute Gasteiger partial charge is 0.412 e. The van der Waals surface area contributed by atoms with E-state index in [1.807, 2.05) is 13.8 Å². The minimum Gasteiger partial charge on any atom is -0.465 e. The quantitative estimate of drug-likeness (QED) is 0.209. The molecule has 14 nitrogen and oxygen atoms in total. The summed E-state index contributed by atoms with van der Waals surface area (Å²) in [6, 6.07) is 9.59. The highest BCUT2D eigenvalue weighted by Gasteiger charge is 2.32. The molecule has 232 valence electrons. The van der Waals surface area contributed by atoms with Crippen molar-refractivity contribution in [2.24, 2.45) is 5.92 Å². The second-order valence-electron chi connectivity index (χ2n) is 10.3. The van der Waals surface area contributed by atoms with Crippen LogP contribution in [0.2, 0.25) is 0 Å². The van der Waals surface area contributed by atoms with Gasteiger partial charge in [-0.05, 0) is 42.2 Å². The van der Waals surface area contributed by atoms with Crippen LogP contribution in [-0.2, 0) is 23.0 Å². The molecule has 0 aliphatic carbocycles. The molecule has 0 saturated heterocycles. The van der Waals surface area contributed by atoms with Gasteiger partial charge in [-0.1, -0.05) is 26.0 Å². The first kappa shape index (κ1) is 31.6. The van der Waals surface area contributed by atoms with E-state index < -0.39 is 34.4 Å². The van der Waals surface area contributed by atoms with Crippen LogP contribution >= 0.6 is 0 Å². The summed E-state index contributed by atoms with van der Waals surface area (Å²) in [5, 5.41) is 25.5. The van der Waals surface area contributed by atoms with Crippen LogP contribution in [0.3, 0.4) is 0 Å². The van der Waals surface area contributed by atoms with Gasteiger partial charge in [0.1, 0.15) is 5.75 Å². The van der Waals surface area contributed by atoms with Gasteiger partial charge < -0.3 is 39.6 Å². The highest BCUT2D eigenvalue weighted by Crippen LogP contribution is 2.35. The molecule has 0 fully saturated rings. The van der Waals surface area contributed by atoms with Crippen molar-refractivity contribution in [1.82, 2.24) is 24.5 Å². The number of amides is 2. The Hall–Kier alpha value is -4.34. The number of carbonyl (C=O) groups is 2. The number of nitrogens with zero attached hydrogens (tertiary/aromatic N) is 3. The molecule has 15 heteroatoms. The molecular formula is C28H35N5O9S. The molecular weight excluding hydrogens is 582 g/mol. The van der Waals surface area contributed by atoms with Crippen molar-refractivity contribution in [3.8, 4) is 17.2 Å². The Labute approximate surface area is 249 Å². The number of aromatic nitrogens is 2. The first-order valence-electron chi connectivity index (χ1n) is 13.6. The zero-order chi connectivity index (χ0) is 31.0. The minimum atomic E-state index is -4.08. The van der Waals surface area contributed by atoms with E-state index in [-0.39, 0.29) is 42.9 Å². The lowest BCUT2D eigenvalue weighted by atomic mass is 10.0. The Morgan fingerprint density at radius 3 is 2.53 bits per heavy atom. The summed E-state index contributed by atoms with van der Waals surface area (Å²) in [6.07, 6.45) is 1.69. The number of sulfonamides is 1. The Kier molecular flexibility index (Phi) is 10.4. The van der Waals surface area contributed by atoms with Crippen LogP contribution in [-0.4, -0.2) is 83.2 Å². The average Bonchev–Trinajstić information content (AvgIpc) is 3.64. The van der Waals surface area contributed by atoms with E-state index in [9.17, 15) is 28.2 Å². The van der Waals surface area contributed by atoms with E-state index in [2.05, 4.69) is 15.6 Å². The number of hydrogen-bond donors (Lipinski definition) is 4. The number of carboxylic acid groups (broad SMARTS) is 1. The Morgan fingerprint density at radius 2 is 1.86 bits per heavy atom. The first-order valence-corrected chi connectivity index (χ1v) is 15.0. The number of hydrogen-bond acceptors (Lipinski definition) is 9. The van der Waals surface area contributed by atoms with Crippen LogP contribution in [0.5, 0.6) is 17.2 Å². The molecule has 2 amide bonds. The second-order valence-corrected chi connectivity index (χ2v) is 12.3. The first-order chi connectivity index (χ1) is 20.5. The lowest BCUT2D eigenvalue weighted by Gasteiger charge is -2.30. The van der Waals surface area contributed by atoms with Crippen molar-refractivity contribution in [3.05, 3.63) is 66.7 Å².